The Labute approximate surface area is 258 Å². The van der Waals surface area contributed by atoms with Gasteiger partial charge in [-0.05, 0) is 73.1 Å². The zero-order chi connectivity index (χ0) is 29.1. The van der Waals surface area contributed by atoms with Crippen LogP contribution in [0.2, 0.25) is 0 Å². The van der Waals surface area contributed by atoms with E-state index in [1.807, 2.05) is 35.0 Å². The number of aromatic nitrogens is 2. The number of hydrogen-bond acceptors (Lipinski definition) is 10. The summed E-state index contributed by atoms with van der Waals surface area (Å²) in [6.07, 6.45) is 3.42. The van der Waals surface area contributed by atoms with E-state index < -0.39 is 11.9 Å². The number of nitrogens with zero attached hydrogens (tertiary/aromatic N) is 2. The minimum atomic E-state index is -0.531. The molecule has 0 amide bonds. The summed E-state index contributed by atoms with van der Waals surface area (Å²) in [6, 6.07) is 19.9. The van der Waals surface area contributed by atoms with Crippen molar-refractivity contribution in [2.45, 2.75) is 13.8 Å². The highest BCUT2D eigenvalue weighted by Gasteiger charge is 2.25. The van der Waals surface area contributed by atoms with Gasteiger partial charge in [-0.15, -0.1) is 45.3 Å². The second kappa shape index (κ2) is 12.5. The number of esters is 2. The van der Waals surface area contributed by atoms with Crippen molar-refractivity contribution in [3.05, 3.63) is 94.9 Å². The van der Waals surface area contributed by atoms with Gasteiger partial charge < -0.3 is 9.47 Å². The molecule has 0 aliphatic heterocycles. The summed E-state index contributed by atoms with van der Waals surface area (Å²) in [5, 5.41) is 4.09. The molecule has 210 valence electrons. The van der Waals surface area contributed by atoms with Gasteiger partial charge in [0.1, 0.15) is 11.4 Å². The smallest absolute Gasteiger partial charge is 0.340 e. The van der Waals surface area contributed by atoms with Gasteiger partial charge in [0.05, 0.1) is 24.3 Å². The van der Waals surface area contributed by atoms with Crippen molar-refractivity contribution in [2.24, 2.45) is 0 Å². The van der Waals surface area contributed by atoms with E-state index in [1.165, 1.54) is 9.75 Å². The van der Waals surface area contributed by atoms with Crippen LogP contribution in [0.15, 0.2) is 83.8 Å². The molecular weight excluding hydrogens is 605 g/mol. The summed E-state index contributed by atoms with van der Waals surface area (Å²) in [4.78, 5) is 42.4. The Morgan fingerprint density at radius 2 is 1.05 bits per heavy atom. The number of hydrogen-bond donors (Lipinski definition) is 0. The maximum absolute atomic E-state index is 13.2. The van der Waals surface area contributed by atoms with Crippen LogP contribution in [0.1, 0.15) is 34.6 Å². The highest BCUT2D eigenvalue weighted by Crippen LogP contribution is 2.40. The third kappa shape index (κ3) is 5.71. The number of pyridine rings is 2. The summed E-state index contributed by atoms with van der Waals surface area (Å²) in [7, 11) is 0. The molecule has 6 aromatic heterocycles. The van der Waals surface area contributed by atoms with Crippen molar-refractivity contribution in [3.8, 4) is 51.8 Å². The second-order valence-electron chi connectivity index (χ2n) is 8.96. The topological polar surface area (TPSA) is 78.4 Å². The summed E-state index contributed by atoms with van der Waals surface area (Å²) in [5.74, 6) is -1.06. The monoisotopic (exact) mass is 628 g/mol. The Kier molecular flexibility index (Phi) is 8.38. The van der Waals surface area contributed by atoms with E-state index in [0.29, 0.717) is 0 Å². The summed E-state index contributed by atoms with van der Waals surface area (Å²) in [6.45, 7) is 3.91. The Morgan fingerprint density at radius 1 is 0.619 bits per heavy atom. The van der Waals surface area contributed by atoms with E-state index in [9.17, 15) is 9.59 Å². The van der Waals surface area contributed by atoms with Gasteiger partial charge in [-0.3, -0.25) is 9.97 Å². The lowest BCUT2D eigenvalue weighted by Gasteiger charge is -2.13. The normalized spacial score (nSPS) is 11.0. The molecule has 0 aliphatic carbocycles. The van der Waals surface area contributed by atoms with Crippen molar-refractivity contribution in [1.29, 1.82) is 0 Å². The quantitative estimate of drug-likeness (QED) is 0.148. The maximum atomic E-state index is 13.2. The average molecular weight is 629 g/mol. The van der Waals surface area contributed by atoms with Crippen molar-refractivity contribution in [2.75, 3.05) is 13.2 Å². The molecule has 42 heavy (non-hydrogen) atoms. The maximum Gasteiger partial charge on any atom is 0.340 e. The molecule has 0 N–H and O–H groups in total. The van der Waals surface area contributed by atoms with Gasteiger partial charge in [0.15, 0.2) is 0 Å². The second-order valence-corrected chi connectivity index (χ2v) is 13.0. The van der Waals surface area contributed by atoms with Crippen LogP contribution in [0.25, 0.3) is 51.8 Å². The Bertz CT molecular complexity index is 1720. The average Bonchev–Trinajstić information content (AvgIpc) is 3.83. The molecule has 10 heteroatoms. The molecule has 0 saturated carbocycles. The van der Waals surface area contributed by atoms with E-state index in [-0.39, 0.29) is 35.7 Å². The molecule has 0 atom stereocenters. The van der Waals surface area contributed by atoms with Crippen molar-refractivity contribution in [3.63, 3.8) is 0 Å². The predicted octanol–water partition coefficient (Wildman–Crippen LogP) is 9.41. The molecule has 0 aliphatic rings. The van der Waals surface area contributed by atoms with E-state index >= 15 is 0 Å². The van der Waals surface area contributed by atoms with Crippen LogP contribution in [0, 0.1) is 0 Å². The van der Waals surface area contributed by atoms with Crippen LogP contribution in [0.3, 0.4) is 0 Å². The van der Waals surface area contributed by atoms with Gasteiger partial charge in [0.2, 0.25) is 0 Å². The molecule has 0 fully saturated rings. The van der Waals surface area contributed by atoms with Crippen LogP contribution in [0.5, 0.6) is 0 Å². The molecule has 6 nitrogen and oxygen atoms in total. The molecule has 6 aromatic rings. The first-order chi connectivity index (χ1) is 20.6. The van der Waals surface area contributed by atoms with Gasteiger partial charge in [0.25, 0.3) is 0 Å². The number of rotatable bonds is 9. The molecule has 0 radical (unpaired) electrons. The minimum absolute atomic E-state index is 0.200. The first-order valence-electron chi connectivity index (χ1n) is 13.2. The number of thiophene rings is 4. The fraction of sp³-hybridized carbons (Fsp3) is 0.125. The highest BCUT2D eigenvalue weighted by molar-refractivity contribution is 7.23. The van der Waals surface area contributed by atoms with E-state index in [4.69, 9.17) is 9.47 Å². The standard InChI is InChI=1S/C32H24N2O4S4/c1-3-37-31(35)21-15-19(23-9-11-27(41-23)25-7-5-13-39-25)17-33-29(21)30-22(32(36)38-4-2)16-20(18-34-30)24-10-12-28(42-24)26-8-6-14-40-26/h5-18H,3-4H2,1-2H3. The van der Waals surface area contributed by atoms with Crippen LogP contribution in [-0.2, 0) is 9.47 Å². The lowest BCUT2D eigenvalue weighted by atomic mass is 10.0. The van der Waals surface area contributed by atoms with Gasteiger partial charge in [-0.25, -0.2) is 9.59 Å². The SMILES string of the molecule is CCOC(=O)c1cc(-c2ccc(-c3cccs3)s2)cnc1-c1ncc(-c2ccc(-c3cccs3)s2)cc1C(=O)OCC. The first kappa shape index (κ1) is 28.2. The Balaban J connectivity index is 1.43. The molecule has 0 bridgehead atoms. The summed E-state index contributed by atoms with van der Waals surface area (Å²) < 4.78 is 10.8. The molecule has 0 saturated heterocycles. The lowest BCUT2D eigenvalue weighted by molar-refractivity contribution is 0.0514. The molecule has 0 aromatic carbocycles. The molecule has 0 spiro atoms. The summed E-state index contributed by atoms with van der Waals surface area (Å²) in [5.41, 5.74) is 2.58. The van der Waals surface area contributed by atoms with Gasteiger partial charge in [0, 0.05) is 52.8 Å². The van der Waals surface area contributed by atoms with E-state index in [2.05, 4.69) is 34.2 Å². The van der Waals surface area contributed by atoms with E-state index in [0.717, 1.165) is 30.6 Å². The zero-order valence-electron chi connectivity index (χ0n) is 22.7. The van der Waals surface area contributed by atoms with Crippen LogP contribution >= 0.6 is 45.3 Å². The van der Waals surface area contributed by atoms with Gasteiger partial charge in [-0.1, -0.05) is 12.1 Å². The van der Waals surface area contributed by atoms with E-state index in [1.54, 1.807) is 83.7 Å². The molecule has 6 rings (SSSR count). The third-order valence-electron chi connectivity index (χ3n) is 6.30. The molecule has 6 heterocycles. The largest absolute Gasteiger partial charge is 0.462 e. The van der Waals surface area contributed by atoms with Crippen LogP contribution in [-0.4, -0.2) is 35.1 Å². The Hall–Kier alpha value is -3.96. The highest BCUT2D eigenvalue weighted by atomic mass is 32.1. The fourth-order valence-electron chi connectivity index (χ4n) is 4.39. The predicted molar refractivity (Wildman–Crippen MR) is 173 cm³/mol. The van der Waals surface area contributed by atoms with Gasteiger partial charge in [-0.2, -0.15) is 0 Å². The van der Waals surface area contributed by atoms with Crippen LogP contribution in [0.4, 0.5) is 0 Å². The van der Waals surface area contributed by atoms with Crippen molar-refractivity contribution >= 4 is 57.3 Å². The van der Waals surface area contributed by atoms with Gasteiger partial charge >= 0.3 is 11.9 Å². The molecule has 0 unspecified atom stereocenters. The lowest BCUT2D eigenvalue weighted by Crippen LogP contribution is -2.12. The fourth-order valence-corrected chi connectivity index (χ4v) is 8.04. The Morgan fingerprint density at radius 3 is 1.43 bits per heavy atom. The van der Waals surface area contributed by atoms with Crippen LogP contribution < -0.4 is 0 Å². The molecular formula is C32H24N2O4S4. The number of carbonyl (C=O) groups is 2. The van der Waals surface area contributed by atoms with Crippen molar-refractivity contribution in [1.82, 2.24) is 9.97 Å². The zero-order valence-corrected chi connectivity index (χ0v) is 25.9. The third-order valence-corrected chi connectivity index (χ3v) is 10.7. The number of ether oxygens (including phenoxy) is 2. The summed E-state index contributed by atoms with van der Waals surface area (Å²) >= 11 is 6.60. The minimum Gasteiger partial charge on any atom is -0.462 e. The first-order valence-corrected chi connectivity index (χ1v) is 16.6. The number of carbonyl (C=O) groups excluding carboxylic acids is 2. The van der Waals surface area contributed by atoms with Crippen molar-refractivity contribution < 1.29 is 19.1 Å².